The number of aryl methyl sites for hydroxylation is 1. The Kier molecular flexibility index (Phi) is 5.99. The Morgan fingerprint density at radius 2 is 1.96 bits per heavy atom. The summed E-state index contributed by atoms with van der Waals surface area (Å²) in [6, 6.07) is 5.72. The molecule has 0 fully saturated rings. The Labute approximate surface area is 145 Å². The van der Waals surface area contributed by atoms with Crippen LogP contribution in [-0.2, 0) is 0 Å². The molecule has 0 radical (unpaired) electrons. The Balaban J connectivity index is 0.000000511. The van der Waals surface area contributed by atoms with E-state index in [1.54, 1.807) is 23.9 Å². The molecule has 3 aromatic heterocycles. The molecule has 7 nitrogen and oxygen atoms in total. The van der Waals surface area contributed by atoms with Crippen molar-refractivity contribution in [2.24, 2.45) is 4.99 Å². The highest BCUT2D eigenvalue weighted by molar-refractivity contribution is 5.86. The van der Waals surface area contributed by atoms with Crippen LogP contribution >= 0.6 is 0 Å². The van der Waals surface area contributed by atoms with Crippen molar-refractivity contribution in [1.82, 2.24) is 19.6 Å². The summed E-state index contributed by atoms with van der Waals surface area (Å²) in [5.74, 6) is 0.469. The van der Waals surface area contributed by atoms with Crippen molar-refractivity contribution in [3.63, 3.8) is 0 Å². The molecule has 3 rings (SSSR count). The Morgan fingerprint density at radius 3 is 2.56 bits per heavy atom. The number of halogens is 1. The second-order valence-electron chi connectivity index (χ2n) is 5.26. The molecule has 0 aromatic carbocycles. The van der Waals surface area contributed by atoms with Crippen molar-refractivity contribution < 1.29 is 4.39 Å². The van der Waals surface area contributed by atoms with E-state index in [-0.39, 0.29) is 12.6 Å². The predicted octanol–water partition coefficient (Wildman–Crippen LogP) is 3.35. The van der Waals surface area contributed by atoms with Gasteiger partial charge in [-0.1, -0.05) is 6.92 Å². The van der Waals surface area contributed by atoms with Gasteiger partial charge in [-0.2, -0.15) is 4.98 Å². The molecule has 0 aliphatic carbocycles. The third-order valence-corrected chi connectivity index (χ3v) is 3.35. The van der Waals surface area contributed by atoms with Gasteiger partial charge in [0.05, 0.1) is 23.7 Å². The Hall–Kier alpha value is -3.03. The monoisotopic (exact) mass is 343 g/mol. The smallest absolute Gasteiger partial charge is 0.240 e. The number of pyridine rings is 1. The van der Waals surface area contributed by atoms with Gasteiger partial charge in [-0.15, -0.1) is 5.10 Å². The molecule has 0 spiro atoms. The zero-order valence-corrected chi connectivity index (χ0v) is 14.6. The fraction of sp³-hybridized carbons (Fsp3) is 0.294. The number of anilines is 2. The van der Waals surface area contributed by atoms with Gasteiger partial charge in [0, 0.05) is 18.0 Å². The van der Waals surface area contributed by atoms with Gasteiger partial charge < -0.3 is 11.5 Å². The predicted molar refractivity (Wildman–Crippen MR) is 99.9 cm³/mol. The van der Waals surface area contributed by atoms with Gasteiger partial charge in [-0.3, -0.25) is 14.4 Å². The zero-order chi connectivity index (χ0) is 18.4. The minimum absolute atomic E-state index is 0.138. The van der Waals surface area contributed by atoms with Crippen LogP contribution in [0.1, 0.15) is 26.0 Å². The Bertz CT molecular complexity index is 884. The summed E-state index contributed by atoms with van der Waals surface area (Å²) in [5.41, 5.74) is 15.6. The standard InChI is InChI=1S/C14H15N7.C3H7F/c1-3-17-10-4-5-11(18-8(10)2)9-6-7-21-12(9)13(15)19-14(16)20-21;1-2-3-4/h3-7H,1-2H3,(H4,15,16,19,20);2-3H2,1H3. The number of nitrogens with zero attached hydrogens (tertiary/aromatic N) is 5. The molecule has 0 aliphatic rings. The van der Waals surface area contributed by atoms with Gasteiger partial charge in [0.15, 0.2) is 5.82 Å². The van der Waals surface area contributed by atoms with Gasteiger partial charge in [0.1, 0.15) is 5.52 Å². The fourth-order valence-corrected chi connectivity index (χ4v) is 2.26. The van der Waals surface area contributed by atoms with Crippen LogP contribution in [0.25, 0.3) is 16.8 Å². The average molecular weight is 343 g/mol. The topological polar surface area (TPSA) is 107 Å². The fourth-order valence-electron chi connectivity index (χ4n) is 2.26. The highest BCUT2D eigenvalue weighted by Crippen LogP contribution is 2.29. The number of hydrogen-bond acceptors (Lipinski definition) is 6. The molecule has 4 N–H and O–H groups in total. The second-order valence-corrected chi connectivity index (χ2v) is 5.26. The summed E-state index contributed by atoms with van der Waals surface area (Å²) in [6.45, 7) is 5.42. The SMILES string of the molecule is CC=Nc1ccc(-c2ccn3nc(N)nc(N)c23)nc1C.CCCF. The highest BCUT2D eigenvalue weighted by atomic mass is 19.1. The first kappa shape index (κ1) is 18.3. The number of aromatic nitrogens is 4. The number of fused-ring (bicyclic) bond motifs is 1. The average Bonchev–Trinajstić information content (AvgIpc) is 3.01. The van der Waals surface area contributed by atoms with Gasteiger partial charge in [0.25, 0.3) is 0 Å². The lowest BCUT2D eigenvalue weighted by atomic mass is 10.1. The summed E-state index contributed by atoms with van der Waals surface area (Å²) in [6.07, 6.45) is 4.18. The summed E-state index contributed by atoms with van der Waals surface area (Å²) >= 11 is 0. The lowest BCUT2D eigenvalue weighted by Crippen LogP contribution is -2.05. The maximum Gasteiger partial charge on any atom is 0.240 e. The number of nitrogen functional groups attached to an aromatic ring is 2. The van der Waals surface area contributed by atoms with Crippen LogP contribution in [0, 0.1) is 6.92 Å². The van der Waals surface area contributed by atoms with E-state index in [1.807, 2.05) is 32.0 Å². The molecule has 8 heteroatoms. The van der Waals surface area contributed by atoms with E-state index >= 15 is 0 Å². The summed E-state index contributed by atoms with van der Waals surface area (Å²) in [5, 5.41) is 4.10. The van der Waals surface area contributed by atoms with E-state index in [0.29, 0.717) is 17.8 Å². The number of aliphatic imine (C=N–C) groups is 1. The largest absolute Gasteiger partial charge is 0.382 e. The van der Waals surface area contributed by atoms with Gasteiger partial charge >= 0.3 is 0 Å². The molecule has 0 unspecified atom stereocenters. The van der Waals surface area contributed by atoms with Crippen molar-refractivity contribution in [2.75, 3.05) is 18.1 Å². The van der Waals surface area contributed by atoms with E-state index < -0.39 is 0 Å². The van der Waals surface area contributed by atoms with Crippen molar-refractivity contribution in [1.29, 1.82) is 0 Å². The first-order valence-electron chi connectivity index (χ1n) is 7.94. The van der Waals surface area contributed by atoms with Gasteiger partial charge in [-0.05, 0) is 38.5 Å². The van der Waals surface area contributed by atoms with Crippen molar-refractivity contribution in [3.05, 3.63) is 30.1 Å². The summed E-state index contributed by atoms with van der Waals surface area (Å²) in [4.78, 5) is 12.8. The normalized spacial score (nSPS) is 10.9. The summed E-state index contributed by atoms with van der Waals surface area (Å²) < 4.78 is 12.3. The number of alkyl halides is 1. The number of hydrogen-bond donors (Lipinski definition) is 2. The lowest BCUT2D eigenvalue weighted by molar-refractivity contribution is 0.487. The van der Waals surface area contributed by atoms with Crippen LogP contribution in [0.5, 0.6) is 0 Å². The quantitative estimate of drug-likeness (QED) is 0.709. The maximum atomic E-state index is 10.7. The van der Waals surface area contributed by atoms with Crippen molar-refractivity contribution >= 4 is 29.2 Å². The van der Waals surface area contributed by atoms with Crippen molar-refractivity contribution in [2.45, 2.75) is 27.2 Å². The van der Waals surface area contributed by atoms with E-state index in [4.69, 9.17) is 11.5 Å². The van der Waals surface area contributed by atoms with Crippen LogP contribution in [-0.4, -0.2) is 32.5 Å². The minimum atomic E-state index is -0.181. The molecule has 0 atom stereocenters. The summed E-state index contributed by atoms with van der Waals surface area (Å²) in [7, 11) is 0. The third kappa shape index (κ3) is 4.09. The van der Waals surface area contributed by atoms with Gasteiger partial charge in [-0.25, -0.2) is 4.52 Å². The molecule has 0 amide bonds. The lowest BCUT2D eigenvalue weighted by Gasteiger charge is -2.05. The molecule has 3 aromatic rings. The van der Waals surface area contributed by atoms with Crippen LogP contribution in [0.3, 0.4) is 0 Å². The third-order valence-electron chi connectivity index (χ3n) is 3.35. The van der Waals surface area contributed by atoms with E-state index in [0.717, 1.165) is 22.6 Å². The molecular formula is C17H22FN7. The first-order chi connectivity index (χ1) is 12.0. The molecule has 25 heavy (non-hydrogen) atoms. The molecule has 0 aliphatic heterocycles. The molecule has 132 valence electrons. The van der Waals surface area contributed by atoms with E-state index in [9.17, 15) is 4.39 Å². The molecular weight excluding hydrogens is 321 g/mol. The van der Waals surface area contributed by atoms with Crippen LogP contribution < -0.4 is 11.5 Å². The van der Waals surface area contributed by atoms with E-state index in [2.05, 4.69) is 20.1 Å². The van der Waals surface area contributed by atoms with Crippen LogP contribution in [0.4, 0.5) is 21.8 Å². The maximum absolute atomic E-state index is 10.7. The molecule has 3 heterocycles. The zero-order valence-electron chi connectivity index (χ0n) is 14.6. The van der Waals surface area contributed by atoms with E-state index in [1.165, 1.54) is 0 Å². The molecule has 0 saturated carbocycles. The number of rotatable bonds is 3. The number of nitrogens with two attached hydrogens (primary N) is 2. The van der Waals surface area contributed by atoms with Crippen LogP contribution in [0.2, 0.25) is 0 Å². The highest BCUT2D eigenvalue weighted by Gasteiger charge is 2.13. The first-order valence-corrected chi connectivity index (χ1v) is 7.94. The van der Waals surface area contributed by atoms with Gasteiger partial charge in [0.2, 0.25) is 5.95 Å². The molecule has 0 saturated heterocycles. The Morgan fingerprint density at radius 1 is 1.24 bits per heavy atom. The van der Waals surface area contributed by atoms with Crippen LogP contribution in [0.15, 0.2) is 29.4 Å². The molecule has 0 bridgehead atoms. The second kappa shape index (κ2) is 8.18. The minimum Gasteiger partial charge on any atom is -0.382 e. The van der Waals surface area contributed by atoms with Crippen molar-refractivity contribution in [3.8, 4) is 11.3 Å².